The molecule has 0 spiro atoms. The van der Waals surface area contributed by atoms with Gasteiger partial charge in [0.15, 0.2) is 10.9 Å². The van der Waals surface area contributed by atoms with Gasteiger partial charge in [0.2, 0.25) is 0 Å². The minimum absolute atomic E-state index is 0.0196. The fraction of sp³-hybridized carbons (Fsp3) is 0.0385. The number of allylic oxidation sites excluding steroid dienone is 1. The van der Waals surface area contributed by atoms with Crippen molar-refractivity contribution in [2.24, 2.45) is 0 Å². The van der Waals surface area contributed by atoms with Gasteiger partial charge in [0.05, 0.1) is 6.33 Å². The van der Waals surface area contributed by atoms with Gasteiger partial charge in [0, 0.05) is 11.1 Å². The van der Waals surface area contributed by atoms with E-state index in [9.17, 15) is 23.5 Å². The molecule has 160 valence electrons. The lowest BCUT2D eigenvalue weighted by molar-refractivity contribution is 0.0949. The molecule has 0 amide bonds. The number of hydrogen-bond acceptors (Lipinski definition) is 2. The Labute approximate surface area is 184 Å². The van der Waals surface area contributed by atoms with Gasteiger partial charge in [-0.2, -0.15) is 0 Å². The van der Waals surface area contributed by atoms with Crippen LogP contribution in [0.15, 0.2) is 109 Å². The van der Waals surface area contributed by atoms with Crippen LogP contribution in [0.3, 0.4) is 0 Å². The van der Waals surface area contributed by atoms with Gasteiger partial charge in [-0.25, -0.2) is 4.39 Å². The van der Waals surface area contributed by atoms with E-state index in [0.717, 1.165) is 5.39 Å². The van der Waals surface area contributed by atoms with Crippen LogP contribution < -0.4 is 0 Å². The molecule has 0 aromatic heterocycles. The maximum absolute atomic E-state index is 14.6. The van der Waals surface area contributed by atoms with Crippen molar-refractivity contribution in [1.29, 1.82) is 0 Å². The summed E-state index contributed by atoms with van der Waals surface area (Å²) in [6.45, 7) is 0. The topological polar surface area (TPSA) is 74.6 Å². The second-order valence-electron chi connectivity index (χ2n) is 7.40. The lowest BCUT2D eigenvalue weighted by Crippen LogP contribution is -2.37. The maximum Gasteiger partial charge on any atom is 0.348 e. The predicted octanol–water partition coefficient (Wildman–Crippen LogP) is 6.11. The zero-order chi connectivity index (χ0) is 22.8. The Morgan fingerprint density at radius 2 is 1.28 bits per heavy atom. The zero-order valence-electron chi connectivity index (χ0n) is 16.9. The normalized spacial score (nSPS) is 14.2. The van der Waals surface area contributed by atoms with E-state index in [0.29, 0.717) is 5.39 Å². The summed E-state index contributed by atoms with van der Waals surface area (Å²) in [5.74, 6) is -0.880. The Bertz CT molecular complexity index is 1350. The Hall–Kier alpha value is -3.37. The first-order valence-corrected chi connectivity index (χ1v) is 11.5. The summed E-state index contributed by atoms with van der Waals surface area (Å²) >= 11 is 0. The average Bonchev–Trinajstić information content (AvgIpc) is 2.82. The number of Topliss-reactive ketones (excluding diaryl/α,β-unsaturated/α-hetero) is 1. The molecule has 1 unspecified atom stereocenters. The number of carbonyl (C=O) groups is 1. The molecule has 0 radical (unpaired) electrons. The van der Waals surface area contributed by atoms with E-state index in [4.69, 9.17) is 0 Å². The van der Waals surface area contributed by atoms with E-state index >= 15 is 0 Å². The number of halogens is 1. The molecule has 2 N–H and O–H groups in total. The maximum atomic E-state index is 14.6. The van der Waals surface area contributed by atoms with E-state index in [1.54, 1.807) is 60.7 Å². The van der Waals surface area contributed by atoms with Gasteiger partial charge in [0.25, 0.3) is 0 Å². The summed E-state index contributed by atoms with van der Waals surface area (Å²) in [5.41, 5.74) is -0.100. The lowest BCUT2D eigenvalue weighted by Gasteiger charge is -2.35. The Morgan fingerprint density at radius 3 is 1.84 bits per heavy atom. The van der Waals surface area contributed by atoms with Gasteiger partial charge in [-0.3, -0.25) is 9.36 Å². The SMILES string of the molecule is O=C(c1ccccc1)C(C(=CF)c1ccccc1)(c1ccc2ccccc2c1)P(=O)(O)O. The average molecular weight is 446 g/mol. The van der Waals surface area contributed by atoms with Gasteiger partial charge in [-0.1, -0.05) is 97.1 Å². The largest absolute Gasteiger partial charge is 0.348 e. The Kier molecular flexibility index (Phi) is 5.90. The molecule has 0 aliphatic rings. The predicted molar refractivity (Wildman–Crippen MR) is 124 cm³/mol. The first-order chi connectivity index (χ1) is 15.4. The van der Waals surface area contributed by atoms with Crippen LogP contribution in [0.25, 0.3) is 16.3 Å². The molecule has 0 aliphatic carbocycles. The highest BCUT2D eigenvalue weighted by atomic mass is 31.2. The third-order valence-corrected chi connectivity index (χ3v) is 7.13. The molecule has 1 atom stereocenters. The summed E-state index contributed by atoms with van der Waals surface area (Å²) in [5, 5.41) is -1.07. The van der Waals surface area contributed by atoms with Crippen molar-refractivity contribution in [3.63, 3.8) is 0 Å². The van der Waals surface area contributed by atoms with Crippen LogP contribution in [0, 0.1) is 0 Å². The van der Waals surface area contributed by atoms with E-state index < -0.39 is 24.1 Å². The Balaban J connectivity index is 2.12. The van der Waals surface area contributed by atoms with E-state index in [1.807, 2.05) is 12.1 Å². The molecule has 6 heteroatoms. The molecular weight excluding hydrogens is 426 g/mol. The van der Waals surface area contributed by atoms with Crippen molar-refractivity contribution in [3.05, 3.63) is 126 Å². The highest BCUT2D eigenvalue weighted by Crippen LogP contribution is 2.64. The van der Waals surface area contributed by atoms with Crippen molar-refractivity contribution in [3.8, 4) is 0 Å². The molecule has 4 nitrogen and oxygen atoms in total. The van der Waals surface area contributed by atoms with E-state index in [2.05, 4.69) is 0 Å². The van der Waals surface area contributed by atoms with E-state index in [1.165, 1.54) is 30.3 Å². The molecule has 0 saturated heterocycles. The monoisotopic (exact) mass is 446 g/mol. The number of ketones is 1. The molecule has 0 aliphatic heterocycles. The first-order valence-electron chi connectivity index (χ1n) is 9.90. The molecule has 4 aromatic carbocycles. The van der Waals surface area contributed by atoms with Crippen molar-refractivity contribution in [1.82, 2.24) is 0 Å². The number of hydrogen-bond donors (Lipinski definition) is 2. The van der Waals surface area contributed by atoms with Gasteiger partial charge >= 0.3 is 7.60 Å². The fourth-order valence-corrected chi connectivity index (χ4v) is 5.41. The zero-order valence-corrected chi connectivity index (χ0v) is 17.8. The molecule has 4 rings (SSSR count). The summed E-state index contributed by atoms with van der Waals surface area (Å²) in [6.07, 6.45) is 0.129. The quantitative estimate of drug-likeness (QED) is 0.277. The van der Waals surface area contributed by atoms with Crippen LogP contribution >= 0.6 is 7.60 Å². The third kappa shape index (κ3) is 3.61. The number of fused-ring (bicyclic) bond motifs is 1. The van der Waals surface area contributed by atoms with Crippen LogP contribution in [0.2, 0.25) is 0 Å². The first kappa shape index (κ1) is 21.8. The summed E-state index contributed by atoms with van der Waals surface area (Å²) in [7, 11) is -5.32. The van der Waals surface area contributed by atoms with Gasteiger partial charge in [-0.15, -0.1) is 0 Å². The minimum Gasteiger partial charge on any atom is -0.323 e. The Morgan fingerprint density at radius 1 is 0.750 bits per heavy atom. The van der Waals surface area contributed by atoms with E-state index in [-0.39, 0.29) is 23.0 Å². The third-order valence-electron chi connectivity index (χ3n) is 5.55. The number of benzene rings is 4. The summed E-state index contributed by atoms with van der Waals surface area (Å²) in [4.78, 5) is 35.4. The van der Waals surface area contributed by atoms with Crippen molar-refractivity contribution >= 4 is 29.7 Å². The van der Waals surface area contributed by atoms with Crippen LogP contribution in [-0.2, 0) is 9.72 Å². The highest BCUT2D eigenvalue weighted by molar-refractivity contribution is 7.55. The molecular formula is C26H20FO4P. The summed E-state index contributed by atoms with van der Waals surface area (Å²) in [6, 6.07) is 27.8. The lowest BCUT2D eigenvalue weighted by atomic mass is 9.80. The molecule has 4 aromatic rings. The van der Waals surface area contributed by atoms with Crippen molar-refractivity contribution in [2.75, 3.05) is 0 Å². The summed E-state index contributed by atoms with van der Waals surface area (Å²) < 4.78 is 27.8. The molecule has 0 heterocycles. The van der Waals surface area contributed by atoms with Crippen LogP contribution in [0.1, 0.15) is 21.5 Å². The smallest absolute Gasteiger partial charge is 0.323 e. The van der Waals surface area contributed by atoms with Crippen LogP contribution in [-0.4, -0.2) is 15.6 Å². The number of rotatable bonds is 6. The fourth-order valence-electron chi connectivity index (χ4n) is 4.05. The molecule has 0 fully saturated rings. The second kappa shape index (κ2) is 8.64. The van der Waals surface area contributed by atoms with Gasteiger partial charge in [0.1, 0.15) is 0 Å². The van der Waals surface area contributed by atoms with Crippen LogP contribution in [0.5, 0.6) is 0 Å². The van der Waals surface area contributed by atoms with Gasteiger partial charge < -0.3 is 9.79 Å². The van der Waals surface area contributed by atoms with Crippen molar-refractivity contribution < 1.29 is 23.5 Å². The van der Waals surface area contributed by atoms with Crippen LogP contribution in [0.4, 0.5) is 4.39 Å². The van der Waals surface area contributed by atoms with Crippen molar-refractivity contribution in [2.45, 2.75) is 5.16 Å². The molecule has 0 saturated carbocycles. The van der Waals surface area contributed by atoms with Gasteiger partial charge in [-0.05, 0) is 28.0 Å². The standard InChI is InChI=1S/C26H20FO4P/c27-18-24(20-10-3-1-4-11-20)26(32(29,30)31,25(28)21-12-5-2-6-13-21)23-16-15-19-9-7-8-14-22(19)17-23/h1-18H,(H2,29,30,31). The molecule has 32 heavy (non-hydrogen) atoms. The second-order valence-corrected chi connectivity index (χ2v) is 9.16. The number of carbonyl (C=O) groups excluding carboxylic acids is 1. The highest BCUT2D eigenvalue weighted by Gasteiger charge is 2.58. The molecule has 0 bridgehead atoms. The minimum atomic E-state index is -5.32.